The molecule has 0 saturated heterocycles. The Bertz CT molecular complexity index is 360. The maximum Gasteiger partial charge on any atom is 0.150 e. The second-order valence-electron chi connectivity index (χ2n) is 5.14. The molecule has 1 atom stereocenters. The average Bonchev–Trinajstić information content (AvgIpc) is 2.77. The summed E-state index contributed by atoms with van der Waals surface area (Å²) in [6.07, 6.45) is 4.65. The molecule has 104 valence electrons. The molecule has 1 aromatic heterocycles. The van der Waals surface area contributed by atoms with Crippen molar-refractivity contribution in [3.63, 3.8) is 0 Å². The predicted octanol–water partition coefficient (Wildman–Crippen LogP) is 1.28. The number of hydrogen-bond donors (Lipinski definition) is 2. The van der Waals surface area contributed by atoms with Crippen LogP contribution < -0.4 is 5.73 Å². The van der Waals surface area contributed by atoms with Gasteiger partial charge in [0.05, 0.1) is 6.61 Å². The molecule has 5 heteroatoms. The van der Waals surface area contributed by atoms with Crippen LogP contribution in [-0.4, -0.2) is 32.0 Å². The quantitative estimate of drug-likeness (QED) is 0.685. The van der Waals surface area contributed by atoms with E-state index in [1.807, 2.05) is 11.6 Å². The molecule has 3 N–H and O–H groups in total. The SMILES string of the molecule is CCc1nc(CC)n(CCCCC(C)(N)CO)n1. The maximum absolute atomic E-state index is 9.08. The van der Waals surface area contributed by atoms with Gasteiger partial charge in [-0.25, -0.2) is 9.67 Å². The lowest BCUT2D eigenvalue weighted by molar-refractivity contribution is 0.196. The van der Waals surface area contributed by atoms with E-state index in [9.17, 15) is 0 Å². The minimum absolute atomic E-state index is 0.0382. The van der Waals surface area contributed by atoms with Gasteiger partial charge in [0.25, 0.3) is 0 Å². The molecule has 0 radical (unpaired) electrons. The van der Waals surface area contributed by atoms with Gasteiger partial charge in [-0.1, -0.05) is 13.8 Å². The number of nitrogens with two attached hydrogens (primary N) is 1. The highest BCUT2D eigenvalue weighted by molar-refractivity contribution is 4.92. The summed E-state index contributed by atoms with van der Waals surface area (Å²) in [6, 6.07) is 0. The van der Waals surface area contributed by atoms with Gasteiger partial charge < -0.3 is 10.8 Å². The first-order chi connectivity index (χ1) is 8.52. The molecule has 0 spiro atoms. The number of aromatic nitrogens is 3. The van der Waals surface area contributed by atoms with Crippen molar-refractivity contribution in [2.24, 2.45) is 5.73 Å². The molecule has 0 aromatic carbocycles. The molecule has 0 aliphatic heterocycles. The van der Waals surface area contributed by atoms with Gasteiger partial charge in [0, 0.05) is 24.9 Å². The van der Waals surface area contributed by atoms with E-state index >= 15 is 0 Å². The number of rotatable bonds is 8. The third kappa shape index (κ3) is 4.38. The van der Waals surface area contributed by atoms with E-state index in [0.717, 1.165) is 50.3 Å². The summed E-state index contributed by atoms with van der Waals surface area (Å²) < 4.78 is 2.01. The number of aliphatic hydroxyl groups is 1. The molecule has 18 heavy (non-hydrogen) atoms. The smallest absolute Gasteiger partial charge is 0.150 e. The van der Waals surface area contributed by atoms with Gasteiger partial charge >= 0.3 is 0 Å². The second kappa shape index (κ2) is 6.85. The van der Waals surface area contributed by atoms with E-state index in [1.165, 1.54) is 0 Å². The fourth-order valence-electron chi connectivity index (χ4n) is 1.89. The normalized spacial score (nSPS) is 14.7. The van der Waals surface area contributed by atoms with E-state index < -0.39 is 5.54 Å². The largest absolute Gasteiger partial charge is 0.394 e. The van der Waals surface area contributed by atoms with Crippen LogP contribution in [0, 0.1) is 0 Å². The highest BCUT2D eigenvalue weighted by Gasteiger charge is 2.16. The van der Waals surface area contributed by atoms with E-state index in [0.29, 0.717) is 0 Å². The maximum atomic E-state index is 9.08. The predicted molar refractivity (Wildman–Crippen MR) is 72.3 cm³/mol. The van der Waals surface area contributed by atoms with Crippen molar-refractivity contribution in [1.29, 1.82) is 0 Å². The van der Waals surface area contributed by atoms with Gasteiger partial charge in [0.15, 0.2) is 5.82 Å². The Labute approximate surface area is 109 Å². The van der Waals surface area contributed by atoms with Crippen molar-refractivity contribution in [2.45, 2.75) is 65.0 Å². The summed E-state index contributed by atoms with van der Waals surface area (Å²) in [5, 5.41) is 13.6. The molecule has 0 fully saturated rings. The molecular formula is C13H26N4O. The number of aliphatic hydroxyl groups excluding tert-OH is 1. The molecule has 1 unspecified atom stereocenters. The van der Waals surface area contributed by atoms with Crippen molar-refractivity contribution in [3.05, 3.63) is 11.6 Å². The van der Waals surface area contributed by atoms with Crippen LogP contribution in [-0.2, 0) is 19.4 Å². The molecule has 0 saturated carbocycles. The van der Waals surface area contributed by atoms with Crippen molar-refractivity contribution in [2.75, 3.05) is 6.61 Å². The molecule has 0 aliphatic carbocycles. The lowest BCUT2D eigenvalue weighted by Crippen LogP contribution is -2.39. The summed E-state index contributed by atoms with van der Waals surface area (Å²) >= 11 is 0. The van der Waals surface area contributed by atoms with Crippen LogP contribution in [0.25, 0.3) is 0 Å². The Kier molecular flexibility index (Phi) is 5.75. The lowest BCUT2D eigenvalue weighted by atomic mass is 9.97. The standard InChI is InChI=1S/C13H26N4O/c1-4-11-15-12(5-2)17(16-11)9-7-6-8-13(3,14)10-18/h18H,4-10,14H2,1-3H3. The summed E-state index contributed by atoms with van der Waals surface area (Å²) in [6.45, 7) is 6.98. The molecule has 1 rings (SSSR count). The topological polar surface area (TPSA) is 77.0 Å². The Morgan fingerprint density at radius 1 is 1.28 bits per heavy atom. The Balaban J connectivity index is 2.41. The number of hydrogen-bond acceptors (Lipinski definition) is 4. The lowest BCUT2D eigenvalue weighted by Gasteiger charge is -2.21. The van der Waals surface area contributed by atoms with Gasteiger partial charge in [-0.15, -0.1) is 0 Å². The molecule has 5 nitrogen and oxygen atoms in total. The summed E-state index contributed by atoms with van der Waals surface area (Å²) in [5.41, 5.74) is 5.44. The number of nitrogens with zero attached hydrogens (tertiary/aromatic N) is 3. The Hall–Kier alpha value is -0.940. The monoisotopic (exact) mass is 254 g/mol. The first-order valence-electron chi connectivity index (χ1n) is 6.84. The van der Waals surface area contributed by atoms with Crippen molar-refractivity contribution in [1.82, 2.24) is 14.8 Å². The zero-order valence-electron chi connectivity index (χ0n) is 11.8. The summed E-state index contributed by atoms with van der Waals surface area (Å²) in [5.74, 6) is 1.98. The molecular weight excluding hydrogens is 228 g/mol. The molecule has 0 amide bonds. The van der Waals surface area contributed by atoms with Crippen molar-refractivity contribution >= 4 is 0 Å². The van der Waals surface area contributed by atoms with Crippen LogP contribution in [0.4, 0.5) is 0 Å². The summed E-state index contributed by atoms with van der Waals surface area (Å²) in [7, 11) is 0. The molecule has 1 aromatic rings. The summed E-state index contributed by atoms with van der Waals surface area (Å²) in [4.78, 5) is 4.48. The van der Waals surface area contributed by atoms with Gasteiger partial charge in [0.1, 0.15) is 5.82 Å². The number of aryl methyl sites for hydroxylation is 3. The van der Waals surface area contributed by atoms with Gasteiger partial charge in [-0.3, -0.25) is 0 Å². The Morgan fingerprint density at radius 2 is 2.00 bits per heavy atom. The van der Waals surface area contributed by atoms with Crippen LogP contribution in [0.2, 0.25) is 0 Å². The van der Waals surface area contributed by atoms with E-state index in [4.69, 9.17) is 10.8 Å². The zero-order chi connectivity index (χ0) is 13.6. The highest BCUT2D eigenvalue weighted by Crippen LogP contribution is 2.11. The minimum Gasteiger partial charge on any atom is -0.394 e. The molecule has 0 bridgehead atoms. The number of unbranched alkanes of at least 4 members (excludes halogenated alkanes) is 1. The van der Waals surface area contributed by atoms with E-state index in [2.05, 4.69) is 23.9 Å². The fraction of sp³-hybridized carbons (Fsp3) is 0.846. The molecule has 1 heterocycles. The first-order valence-corrected chi connectivity index (χ1v) is 6.84. The third-order valence-corrected chi connectivity index (χ3v) is 3.15. The van der Waals surface area contributed by atoms with Gasteiger partial charge in [-0.05, 0) is 26.2 Å². The van der Waals surface area contributed by atoms with Crippen LogP contribution in [0.3, 0.4) is 0 Å². The average molecular weight is 254 g/mol. The van der Waals surface area contributed by atoms with Crippen LogP contribution in [0.1, 0.15) is 51.7 Å². The van der Waals surface area contributed by atoms with Gasteiger partial charge in [-0.2, -0.15) is 5.10 Å². The highest BCUT2D eigenvalue weighted by atomic mass is 16.3. The van der Waals surface area contributed by atoms with E-state index in [1.54, 1.807) is 0 Å². The molecule has 0 aliphatic rings. The minimum atomic E-state index is -0.454. The van der Waals surface area contributed by atoms with Gasteiger partial charge in [0.2, 0.25) is 0 Å². The van der Waals surface area contributed by atoms with Crippen molar-refractivity contribution < 1.29 is 5.11 Å². The third-order valence-electron chi connectivity index (χ3n) is 3.15. The van der Waals surface area contributed by atoms with E-state index in [-0.39, 0.29) is 6.61 Å². The zero-order valence-corrected chi connectivity index (χ0v) is 11.8. The fourth-order valence-corrected chi connectivity index (χ4v) is 1.89. The van der Waals surface area contributed by atoms with Crippen LogP contribution in [0.15, 0.2) is 0 Å². The van der Waals surface area contributed by atoms with Crippen LogP contribution >= 0.6 is 0 Å². The second-order valence-corrected chi connectivity index (χ2v) is 5.14. The van der Waals surface area contributed by atoms with Crippen LogP contribution in [0.5, 0.6) is 0 Å². The first kappa shape index (κ1) is 15.1. The Morgan fingerprint density at radius 3 is 2.56 bits per heavy atom. The van der Waals surface area contributed by atoms with Crippen molar-refractivity contribution in [3.8, 4) is 0 Å².